The third kappa shape index (κ3) is 10.8. The van der Waals surface area contributed by atoms with Gasteiger partial charge in [-0.05, 0) is 79.8 Å². The molecule has 0 aliphatic heterocycles. The Morgan fingerprint density at radius 3 is 2.12 bits per heavy atom. The molecule has 2 atom stereocenters. The molecule has 0 radical (unpaired) electrons. The lowest BCUT2D eigenvalue weighted by atomic mass is 9.92. The third-order valence-electron chi connectivity index (χ3n) is 9.40. The highest BCUT2D eigenvalue weighted by atomic mass is 32.2. The third-order valence-corrected chi connectivity index (χ3v) is 10.5. The molecular formula is C43H48FN5O10S. The van der Waals surface area contributed by atoms with E-state index in [1.165, 1.54) is 49.0 Å². The maximum Gasteiger partial charge on any atom is 0.424 e. The summed E-state index contributed by atoms with van der Waals surface area (Å²) >= 11 is 0. The van der Waals surface area contributed by atoms with Gasteiger partial charge in [0.15, 0.2) is 15.5 Å². The fraction of sp³-hybridized carbons (Fsp3) is 0.349. The van der Waals surface area contributed by atoms with Crippen molar-refractivity contribution in [3.63, 3.8) is 0 Å². The Kier molecular flexibility index (Phi) is 13.6. The van der Waals surface area contributed by atoms with Crippen molar-refractivity contribution >= 4 is 51.1 Å². The summed E-state index contributed by atoms with van der Waals surface area (Å²) in [6, 6.07) is 19.5. The summed E-state index contributed by atoms with van der Waals surface area (Å²) in [5.74, 6) is -2.27. The van der Waals surface area contributed by atoms with Crippen molar-refractivity contribution in [3.05, 3.63) is 102 Å². The summed E-state index contributed by atoms with van der Waals surface area (Å²) in [5.41, 5.74) is 2.58. The van der Waals surface area contributed by atoms with Crippen molar-refractivity contribution in [1.82, 2.24) is 19.5 Å². The lowest BCUT2D eigenvalue weighted by Crippen LogP contribution is -2.48. The molecule has 0 spiro atoms. The summed E-state index contributed by atoms with van der Waals surface area (Å²) in [6.45, 7) is 9.43. The molecule has 0 bridgehead atoms. The first kappa shape index (κ1) is 44.7. The van der Waals surface area contributed by atoms with Gasteiger partial charge in [0.1, 0.15) is 29.0 Å². The molecule has 0 saturated carbocycles. The fourth-order valence-electron chi connectivity index (χ4n) is 6.22. The van der Waals surface area contributed by atoms with Gasteiger partial charge in [-0.15, -0.1) is 5.10 Å². The highest BCUT2D eigenvalue weighted by Gasteiger charge is 2.35. The normalized spacial score (nSPS) is 12.7. The second kappa shape index (κ2) is 18.3. The van der Waals surface area contributed by atoms with Crippen LogP contribution in [0.2, 0.25) is 0 Å². The number of Topliss-reactive ketones (excluding diaryl/α,β-unsaturated/α-hetero) is 1. The maximum absolute atomic E-state index is 13.9. The highest BCUT2D eigenvalue weighted by Crippen LogP contribution is 2.36. The molecule has 0 N–H and O–H groups in total. The SMILES string of the molecule is COc1cc(S(C)(=O)=O)ccc1N(C(=O)OCOC(=O)[C@H](C(C)C)N(C)C(=O)OC(C)(C)C)c1nc2ccc(-c3ccc(CC(=O)[C@H](C)c4ccc(F)cc4)cc3)cn2n1. The van der Waals surface area contributed by atoms with E-state index >= 15 is 0 Å². The Balaban J connectivity index is 1.39. The van der Waals surface area contributed by atoms with Crippen LogP contribution in [0.1, 0.15) is 58.6 Å². The second-order valence-corrected chi connectivity index (χ2v) is 17.5. The minimum Gasteiger partial charge on any atom is -0.495 e. The van der Waals surface area contributed by atoms with Crippen LogP contribution >= 0.6 is 0 Å². The number of ketones is 1. The number of ether oxygens (including phenoxy) is 4. The van der Waals surface area contributed by atoms with Crippen LogP contribution in [0.5, 0.6) is 5.75 Å². The number of hydrogen-bond acceptors (Lipinski definition) is 12. The molecule has 2 heterocycles. The van der Waals surface area contributed by atoms with Gasteiger partial charge in [-0.2, -0.15) is 4.98 Å². The summed E-state index contributed by atoms with van der Waals surface area (Å²) in [5, 5.41) is 4.54. The van der Waals surface area contributed by atoms with Crippen LogP contribution in [-0.2, 0) is 40.1 Å². The zero-order chi connectivity index (χ0) is 44.1. The molecule has 318 valence electrons. The predicted octanol–water partition coefficient (Wildman–Crippen LogP) is 7.53. The zero-order valence-corrected chi connectivity index (χ0v) is 35.7. The number of fused-ring (bicyclic) bond motifs is 1. The van der Waals surface area contributed by atoms with E-state index in [-0.39, 0.29) is 40.3 Å². The van der Waals surface area contributed by atoms with E-state index < -0.39 is 58.3 Å². The van der Waals surface area contributed by atoms with Crippen LogP contribution in [0.15, 0.2) is 90.0 Å². The highest BCUT2D eigenvalue weighted by molar-refractivity contribution is 7.90. The topological polar surface area (TPSA) is 176 Å². The first-order valence-corrected chi connectivity index (χ1v) is 20.8. The Labute approximate surface area is 347 Å². The largest absolute Gasteiger partial charge is 0.495 e. The number of rotatable bonds is 14. The fourth-order valence-corrected chi connectivity index (χ4v) is 6.85. The molecule has 5 aromatic rings. The Morgan fingerprint density at radius 2 is 1.52 bits per heavy atom. The molecule has 2 aromatic heterocycles. The minimum atomic E-state index is -3.68. The zero-order valence-electron chi connectivity index (χ0n) is 34.8. The molecule has 15 nitrogen and oxygen atoms in total. The van der Waals surface area contributed by atoms with Crippen molar-refractivity contribution in [2.45, 2.75) is 70.4 Å². The first-order valence-electron chi connectivity index (χ1n) is 18.9. The number of carbonyl (C=O) groups excluding carboxylic acids is 4. The van der Waals surface area contributed by atoms with E-state index in [4.69, 9.17) is 18.9 Å². The maximum atomic E-state index is 13.9. The summed E-state index contributed by atoms with van der Waals surface area (Å²) in [6.07, 6.45) is 1.05. The van der Waals surface area contributed by atoms with Crippen molar-refractivity contribution < 1.29 is 50.9 Å². The molecule has 0 saturated heterocycles. The minimum absolute atomic E-state index is 0.0136. The monoisotopic (exact) mass is 845 g/mol. The summed E-state index contributed by atoms with van der Waals surface area (Å²) in [4.78, 5) is 59.4. The van der Waals surface area contributed by atoms with Gasteiger partial charge in [-0.3, -0.25) is 9.69 Å². The number of pyridine rings is 1. The number of carbonyl (C=O) groups is 4. The van der Waals surface area contributed by atoms with Crippen LogP contribution in [0, 0.1) is 11.7 Å². The van der Waals surface area contributed by atoms with Crippen LogP contribution < -0.4 is 9.64 Å². The average Bonchev–Trinajstić information content (AvgIpc) is 3.60. The lowest BCUT2D eigenvalue weighted by molar-refractivity contribution is -0.159. The van der Waals surface area contributed by atoms with Crippen molar-refractivity contribution in [3.8, 4) is 16.9 Å². The van der Waals surface area contributed by atoms with Crippen molar-refractivity contribution in [2.24, 2.45) is 5.92 Å². The van der Waals surface area contributed by atoms with E-state index in [2.05, 4.69) is 10.1 Å². The Bertz CT molecular complexity index is 2480. The van der Waals surface area contributed by atoms with Crippen molar-refractivity contribution in [2.75, 3.05) is 32.1 Å². The molecular weight excluding hydrogens is 798 g/mol. The van der Waals surface area contributed by atoms with E-state index in [1.54, 1.807) is 72.0 Å². The number of esters is 1. The molecule has 60 heavy (non-hydrogen) atoms. The van der Waals surface area contributed by atoms with Crippen LogP contribution in [0.4, 0.5) is 25.6 Å². The van der Waals surface area contributed by atoms with Crippen LogP contribution in [0.3, 0.4) is 0 Å². The van der Waals surface area contributed by atoms with Crippen molar-refractivity contribution in [1.29, 1.82) is 0 Å². The van der Waals surface area contributed by atoms with E-state index in [0.29, 0.717) is 5.65 Å². The average molecular weight is 846 g/mol. The van der Waals surface area contributed by atoms with Gasteiger partial charge in [0.05, 0.1) is 17.7 Å². The quantitative estimate of drug-likeness (QED) is 0.0795. The van der Waals surface area contributed by atoms with Gasteiger partial charge >= 0.3 is 18.2 Å². The molecule has 0 aliphatic carbocycles. The molecule has 0 fully saturated rings. The molecule has 0 unspecified atom stereocenters. The Morgan fingerprint density at radius 1 is 0.867 bits per heavy atom. The number of aromatic nitrogens is 3. The number of sulfone groups is 1. The number of hydrogen-bond donors (Lipinski definition) is 0. The van der Waals surface area contributed by atoms with Crippen LogP contribution in [-0.4, -0.2) is 90.7 Å². The van der Waals surface area contributed by atoms with Gasteiger partial charge in [0.25, 0.3) is 5.95 Å². The van der Waals surface area contributed by atoms with Gasteiger partial charge < -0.3 is 18.9 Å². The van der Waals surface area contributed by atoms with Gasteiger partial charge in [-0.25, -0.2) is 36.6 Å². The number of methoxy groups -OCH3 is 1. The number of anilines is 2. The predicted molar refractivity (Wildman–Crippen MR) is 220 cm³/mol. The van der Waals surface area contributed by atoms with Gasteiger partial charge in [-0.1, -0.05) is 57.2 Å². The lowest BCUT2D eigenvalue weighted by Gasteiger charge is -2.31. The summed E-state index contributed by atoms with van der Waals surface area (Å²) in [7, 11) is -0.983. The number of amides is 2. The van der Waals surface area contributed by atoms with E-state index in [0.717, 1.165) is 38.3 Å². The van der Waals surface area contributed by atoms with Crippen LogP contribution in [0.25, 0.3) is 16.8 Å². The smallest absolute Gasteiger partial charge is 0.424 e. The first-order chi connectivity index (χ1) is 28.2. The molecule has 17 heteroatoms. The second-order valence-electron chi connectivity index (χ2n) is 15.5. The van der Waals surface area contributed by atoms with Gasteiger partial charge in [0, 0.05) is 43.5 Å². The summed E-state index contributed by atoms with van der Waals surface area (Å²) < 4.78 is 61.2. The molecule has 3 aromatic carbocycles. The number of nitrogens with zero attached hydrogens (tertiary/aromatic N) is 5. The van der Waals surface area contributed by atoms with E-state index in [9.17, 15) is 32.0 Å². The number of likely N-dealkylation sites (N-methyl/N-ethyl adjacent to an activating group) is 1. The Hall–Kier alpha value is -6.36. The number of benzene rings is 3. The standard InChI is InChI=1S/C43H48FN5O10S/c1-26(2)38(47(7)41(52)59-43(4,5)6)39(51)57-25-58-42(53)49(34-20-19-33(60(9,54)55)23-36(34)56-8)40-45-37-21-16-31(24-48(37)46-40)30-12-10-28(11-13-30)22-35(50)27(3)29-14-17-32(44)18-15-29/h10-21,23-24,26-27,38H,22,25H2,1-9H3/t27-,38+/m1/s1. The van der Waals surface area contributed by atoms with Gasteiger partial charge in [0.2, 0.25) is 6.79 Å². The molecule has 2 amide bonds. The molecule has 0 aliphatic rings. The number of halogens is 1. The van der Waals surface area contributed by atoms with E-state index in [1.807, 2.05) is 24.3 Å². The molecule has 5 rings (SSSR count).